The molecule has 1 aromatic carbocycles. The molecular formula is C14H16FN3O2. The van der Waals surface area contributed by atoms with Gasteiger partial charge in [-0.3, -0.25) is 10.8 Å². The molecule has 6 heteroatoms. The van der Waals surface area contributed by atoms with Gasteiger partial charge in [0.25, 0.3) is 0 Å². The lowest BCUT2D eigenvalue weighted by molar-refractivity contribution is 0.385. The van der Waals surface area contributed by atoms with Crippen LogP contribution in [0.15, 0.2) is 36.7 Å². The first-order chi connectivity index (χ1) is 9.69. The summed E-state index contributed by atoms with van der Waals surface area (Å²) in [6, 6.07) is 6.08. The van der Waals surface area contributed by atoms with Gasteiger partial charge in [0.05, 0.1) is 26.5 Å². The number of halogens is 1. The highest BCUT2D eigenvalue weighted by Gasteiger charge is 2.15. The van der Waals surface area contributed by atoms with Crippen LogP contribution >= 0.6 is 0 Å². The van der Waals surface area contributed by atoms with E-state index in [1.807, 2.05) is 0 Å². The van der Waals surface area contributed by atoms with Crippen molar-refractivity contribution in [2.24, 2.45) is 5.84 Å². The molecule has 0 saturated carbocycles. The smallest absolute Gasteiger partial charge is 0.165 e. The van der Waals surface area contributed by atoms with Crippen LogP contribution in [0.1, 0.15) is 17.2 Å². The third kappa shape index (κ3) is 2.87. The monoisotopic (exact) mass is 277 g/mol. The lowest BCUT2D eigenvalue weighted by Gasteiger charge is -2.17. The summed E-state index contributed by atoms with van der Waals surface area (Å²) in [6.45, 7) is 0. The maximum Gasteiger partial charge on any atom is 0.165 e. The maximum atomic E-state index is 13.8. The van der Waals surface area contributed by atoms with Crippen molar-refractivity contribution in [1.29, 1.82) is 0 Å². The van der Waals surface area contributed by atoms with Gasteiger partial charge in [0.2, 0.25) is 0 Å². The minimum atomic E-state index is -0.443. The van der Waals surface area contributed by atoms with Gasteiger partial charge in [-0.1, -0.05) is 6.07 Å². The van der Waals surface area contributed by atoms with E-state index in [-0.39, 0.29) is 5.75 Å². The summed E-state index contributed by atoms with van der Waals surface area (Å²) in [5.41, 5.74) is 4.09. The first-order valence-corrected chi connectivity index (χ1v) is 5.98. The number of methoxy groups -OCH3 is 2. The zero-order valence-electron chi connectivity index (χ0n) is 11.3. The molecule has 2 rings (SSSR count). The van der Waals surface area contributed by atoms with E-state index in [0.717, 1.165) is 5.56 Å². The molecule has 5 nitrogen and oxygen atoms in total. The van der Waals surface area contributed by atoms with E-state index in [1.54, 1.807) is 37.7 Å². The van der Waals surface area contributed by atoms with E-state index in [2.05, 4.69) is 10.4 Å². The average Bonchev–Trinajstić information content (AvgIpc) is 2.48. The highest BCUT2D eigenvalue weighted by Crippen LogP contribution is 2.27. The minimum absolute atomic E-state index is 0.188. The van der Waals surface area contributed by atoms with Crippen molar-refractivity contribution in [1.82, 2.24) is 10.4 Å². The number of rotatable bonds is 5. The number of benzene rings is 1. The Bertz CT molecular complexity index is 592. The molecule has 0 aliphatic carbocycles. The molecular weight excluding hydrogens is 261 g/mol. The molecule has 0 fully saturated rings. The highest BCUT2D eigenvalue weighted by molar-refractivity contribution is 5.37. The van der Waals surface area contributed by atoms with Crippen LogP contribution in [0.4, 0.5) is 4.39 Å². The zero-order chi connectivity index (χ0) is 14.5. The van der Waals surface area contributed by atoms with E-state index < -0.39 is 11.9 Å². The molecule has 0 aliphatic rings. The summed E-state index contributed by atoms with van der Waals surface area (Å²) in [5, 5.41) is 0. The number of pyridine rings is 1. The molecule has 106 valence electrons. The van der Waals surface area contributed by atoms with Gasteiger partial charge < -0.3 is 9.47 Å². The van der Waals surface area contributed by atoms with E-state index in [0.29, 0.717) is 11.3 Å². The Labute approximate surface area is 116 Å². The summed E-state index contributed by atoms with van der Waals surface area (Å²) in [6.07, 6.45) is 3.24. The van der Waals surface area contributed by atoms with Crippen molar-refractivity contribution >= 4 is 0 Å². The third-order valence-electron chi connectivity index (χ3n) is 2.98. The molecule has 3 N–H and O–H groups in total. The number of hydrogen-bond donors (Lipinski definition) is 2. The number of hydrazine groups is 1. The number of ether oxygens (including phenoxy) is 2. The molecule has 0 spiro atoms. The Balaban J connectivity index is 2.38. The molecule has 1 aromatic heterocycles. The molecule has 0 amide bonds. The summed E-state index contributed by atoms with van der Waals surface area (Å²) >= 11 is 0. The van der Waals surface area contributed by atoms with Crippen LogP contribution in [0.3, 0.4) is 0 Å². The standard InChI is InChI=1S/C14H16FN3O2/c1-19-11-5-10(7-17-8-11)14(18-16)9-3-4-13(20-2)12(15)6-9/h3-8,14,18H,16H2,1-2H3. The van der Waals surface area contributed by atoms with Crippen LogP contribution in [-0.4, -0.2) is 19.2 Å². The number of nitrogens with two attached hydrogens (primary N) is 1. The van der Waals surface area contributed by atoms with Gasteiger partial charge in [0, 0.05) is 6.20 Å². The number of nitrogens with zero attached hydrogens (tertiary/aromatic N) is 1. The first kappa shape index (κ1) is 14.2. The number of hydrogen-bond acceptors (Lipinski definition) is 5. The van der Waals surface area contributed by atoms with E-state index in [1.165, 1.54) is 13.2 Å². The van der Waals surface area contributed by atoms with Gasteiger partial charge in [-0.2, -0.15) is 0 Å². The molecule has 0 aliphatic heterocycles. The van der Waals surface area contributed by atoms with Crippen LogP contribution in [0.25, 0.3) is 0 Å². The Morgan fingerprint density at radius 3 is 2.55 bits per heavy atom. The van der Waals surface area contributed by atoms with Crippen LogP contribution in [0, 0.1) is 5.82 Å². The average molecular weight is 277 g/mol. The second-order valence-corrected chi connectivity index (χ2v) is 4.15. The lowest BCUT2D eigenvalue weighted by Crippen LogP contribution is -2.29. The predicted molar refractivity (Wildman–Crippen MR) is 72.9 cm³/mol. The Morgan fingerprint density at radius 1 is 1.15 bits per heavy atom. The SMILES string of the molecule is COc1cncc(C(NN)c2ccc(OC)c(F)c2)c1. The molecule has 1 heterocycles. The molecule has 0 radical (unpaired) electrons. The first-order valence-electron chi connectivity index (χ1n) is 5.98. The largest absolute Gasteiger partial charge is 0.495 e. The molecule has 1 unspecified atom stereocenters. The van der Waals surface area contributed by atoms with Crippen molar-refractivity contribution in [3.63, 3.8) is 0 Å². The maximum absolute atomic E-state index is 13.8. The van der Waals surface area contributed by atoms with Crippen LogP contribution < -0.4 is 20.7 Å². The van der Waals surface area contributed by atoms with Crippen LogP contribution in [0.2, 0.25) is 0 Å². The van der Waals surface area contributed by atoms with Crippen molar-refractivity contribution in [2.45, 2.75) is 6.04 Å². The molecule has 20 heavy (non-hydrogen) atoms. The van der Waals surface area contributed by atoms with Gasteiger partial charge in [-0.25, -0.2) is 9.82 Å². The summed E-state index contributed by atoms with van der Waals surface area (Å²) < 4.78 is 23.8. The normalized spacial score (nSPS) is 12.0. The quantitative estimate of drug-likeness (QED) is 0.644. The Hall–Kier alpha value is -2.18. The summed E-state index contributed by atoms with van der Waals surface area (Å²) in [7, 11) is 2.97. The predicted octanol–water partition coefficient (Wildman–Crippen LogP) is 1.79. The summed E-state index contributed by atoms with van der Waals surface area (Å²) in [5.74, 6) is 5.93. The Kier molecular flexibility index (Phi) is 4.49. The molecule has 1 atom stereocenters. The number of aromatic nitrogens is 1. The summed E-state index contributed by atoms with van der Waals surface area (Å²) in [4.78, 5) is 4.07. The van der Waals surface area contributed by atoms with E-state index >= 15 is 0 Å². The van der Waals surface area contributed by atoms with Crippen molar-refractivity contribution < 1.29 is 13.9 Å². The molecule has 0 bridgehead atoms. The lowest BCUT2D eigenvalue weighted by atomic mass is 10.0. The third-order valence-corrected chi connectivity index (χ3v) is 2.98. The topological polar surface area (TPSA) is 69.4 Å². The fourth-order valence-electron chi connectivity index (χ4n) is 1.95. The zero-order valence-corrected chi connectivity index (χ0v) is 11.3. The van der Waals surface area contributed by atoms with Gasteiger partial charge in [-0.05, 0) is 29.3 Å². The fourth-order valence-corrected chi connectivity index (χ4v) is 1.95. The van der Waals surface area contributed by atoms with E-state index in [4.69, 9.17) is 15.3 Å². The van der Waals surface area contributed by atoms with Crippen LogP contribution in [0.5, 0.6) is 11.5 Å². The highest BCUT2D eigenvalue weighted by atomic mass is 19.1. The minimum Gasteiger partial charge on any atom is -0.495 e. The number of nitrogens with one attached hydrogen (secondary N) is 1. The van der Waals surface area contributed by atoms with E-state index in [9.17, 15) is 4.39 Å². The Morgan fingerprint density at radius 2 is 1.95 bits per heavy atom. The van der Waals surface area contributed by atoms with Gasteiger partial charge in [-0.15, -0.1) is 0 Å². The van der Waals surface area contributed by atoms with Crippen LogP contribution in [-0.2, 0) is 0 Å². The molecule has 2 aromatic rings. The molecule has 0 saturated heterocycles. The van der Waals surface area contributed by atoms with Crippen molar-refractivity contribution in [3.05, 3.63) is 53.6 Å². The second kappa shape index (κ2) is 6.31. The van der Waals surface area contributed by atoms with Gasteiger partial charge in [0.1, 0.15) is 5.75 Å². The second-order valence-electron chi connectivity index (χ2n) is 4.15. The van der Waals surface area contributed by atoms with Gasteiger partial charge in [0.15, 0.2) is 11.6 Å². The fraction of sp³-hybridized carbons (Fsp3) is 0.214. The van der Waals surface area contributed by atoms with Gasteiger partial charge >= 0.3 is 0 Å². The van der Waals surface area contributed by atoms with Crippen molar-refractivity contribution in [2.75, 3.05) is 14.2 Å². The van der Waals surface area contributed by atoms with Crippen molar-refractivity contribution in [3.8, 4) is 11.5 Å².